The van der Waals surface area contributed by atoms with Gasteiger partial charge in [-0.15, -0.1) is 0 Å². The van der Waals surface area contributed by atoms with Gasteiger partial charge in [-0.2, -0.15) is 0 Å². The maximum atomic E-state index is 12.2. The number of rotatable bonds is 3. The van der Waals surface area contributed by atoms with Crippen molar-refractivity contribution in [1.82, 2.24) is 5.32 Å². The van der Waals surface area contributed by atoms with Gasteiger partial charge in [-0.1, -0.05) is 15.9 Å². The van der Waals surface area contributed by atoms with Crippen molar-refractivity contribution in [2.24, 2.45) is 0 Å². The van der Waals surface area contributed by atoms with Crippen molar-refractivity contribution < 1.29 is 14.3 Å². The minimum absolute atomic E-state index is 0.0914. The number of nitrogens with one attached hydrogen (secondary N) is 1. The number of carbonyl (C=O) groups is 1. The SMILES string of the molecule is COc1cc(Br)ccc1C(=O)NC1CCOCC1. The van der Waals surface area contributed by atoms with Crippen LogP contribution in [0.25, 0.3) is 0 Å². The number of ether oxygens (including phenoxy) is 2. The molecule has 1 aliphatic heterocycles. The fourth-order valence-corrected chi connectivity index (χ4v) is 2.30. The van der Waals surface area contributed by atoms with Crippen LogP contribution in [0.3, 0.4) is 0 Å². The lowest BCUT2D eigenvalue weighted by atomic mass is 10.1. The number of hydrogen-bond donors (Lipinski definition) is 1. The molecule has 1 aromatic carbocycles. The van der Waals surface area contributed by atoms with Gasteiger partial charge >= 0.3 is 0 Å². The van der Waals surface area contributed by atoms with E-state index in [1.807, 2.05) is 6.07 Å². The molecule has 1 fully saturated rings. The Morgan fingerprint density at radius 1 is 1.44 bits per heavy atom. The summed E-state index contributed by atoms with van der Waals surface area (Å²) in [5, 5.41) is 3.02. The maximum Gasteiger partial charge on any atom is 0.255 e. The fraction of sp³-hybridized carbons (Fsp3) is 0.462. The van der Waals surface area contributed by atoms with Gasteiger partial charge in [0.2, 0.25) is 0 Å². The monoisotopic (exact) mass is 313 g/mol. The second kappa shape index (κ2) is 6.20. The zero-order valence-corrected chi connectivity index (χ0v) is 11.8. The van der Waals surface area contributed by atoms with Gasteiger partial charge in [-0.25, -0.2) is 0 Å². The van der Waals surface area contributed by atoms with Crippen molar-refractivity contribution in [3.8, 4) is 5.75 Å². The molecule has 4 nitrogen and oxygen atoms in total. The summed E-state index contributed by atoms with van der Waals surface area (Å²) in [6.07, 6.45) is 1.73. The van der Waals surface area contributed by atoms with Crippen LogP contribution in [0.1, 0.15) is 23.2 Å². The molecule has 0 unspecified atom stereocenters. The predicted molar refractivity (Wildman–Crippen MR) is 72.0 cm³/mol. The Bertz CT molecular complexity index is 430. The molecule has 1 aliphatic rings. The zero-order valence-electron chi connectivity index (χ0n) is 10.2. The van der Waals surface area contributed by atoms with Crippen LogP contribution in [-0.2, 0) is 4.74 Å². The van der Waals surface area contributed by atoms with Crippen LogP contribution in [0.15, 0.2) is 22.7 Å². The van der Waals surface area contributed by atoms with E-state index >= 15 is 0 Å². The third-order valence-electron chi connectivity index (χ3n) is 2.96. The third-order valence-corrected chi connectivity index (χ3v) is 3.46. The number of methoxy groups -OCH3 is 1. The molecule has 98 valence electrons. The first-order chi connectivity index (χ1) is 8.70. The van der Waals surface area contributed by atoms with Crippen LogP contribution in [0.5, 0.6) is 5.75 Å². The van der Waals surface area contributed by atoms with Gasteiger partial charge in [0.25, 0.3) is 5.91 Å². The molecule has 0 spiro atoms. The first kappa shape index (κ1) is 13.4. The van der Waals surface area contributed by atoms with Crippen LogP contribution in [0, 0.1) is 0 Å². The summed E-state index contributed by atoms with van der Waals surface area (Å²) in [5.74, 6) is 0.486. The van der Waals surface area contributed by atoms with Crippen molar-refractivity contribution >= 4 is 21.8 Å². The van der Waals surface area contributed by atoms with Gasteiger partial charge in [-0.05, 0) is 31.0 Å². The smallest absolute Gasteiger partial charge is 0.255 e. The molecule has 1 saturated heterocycles. The number of halogens is 1. The molecule has 0 atom stereocenters. The molecule has 1 heterocycles. The van der Waals surface area contributed by atoms with Crippen LogP contribution in [0.2, 0.25) is 0 Å². The molecular formula is C13H16BrNO3. The van der Waals surface area contributed by atoms with E-state index in [2.05, 4.69) is 21.2 Å². The summed E-state index contributed by atoms with van der Waals surface area (Å²) in [7, 11) is 1.56. The van der Waals surface area contributed by atoms with E-state index in [1.165, 1.54) is 0 Å². The van der Waals surface area contributed by atoms with Crippen molar-refractivity contribution in [3.63, 3.8) is 0 Å². The summed E-state index contributed by atoms with van der Waals surface area (Å²) in [6, 6.07) is 5.58. The lowest BCUT2D eigenvalue weighted by molar-refractivity contribution is 0.0695. The quantitative estimate of drug-likeness (QED) is 0.932. The first-order valence-electron chi connectivity index (χ1n) is 5.93. The lowest BCUT2D eigenvalue weighted by Crippen LogP contribution is -2.39. The Kier molecular flexibility index (Phi) is 4.60. The van der Waals surface area contributed by atoms with Crippen molar-refractivity contribution in [2.75, 3.05) is 20.3 Å². The average molecular weight is 314 g/mol. The van der Waals surface area contributed by atoms with Crippen LogP contribution >= 0.6 is 15.9 Å². The molecule has 1 aromatic rings. The van der Waals surface area contributed by atoms with Crippen LogP contribution < -0.4 is 10.1 Å². The van der Waals surface area contributed by atoms with E-state index in [1.54, 1.807) is 19.2 Å². The van der Waals surface area contributed by atoms with Gasteiger partial charge in [0.05, 0.1) is 12.7 Å². The first-order valence-corrected chi connectivity index (χ1v) is 6.72. The molecule has 18 heavy (non-hydrogen) atoms. The highest BCUT2D eigenvalue weighted by Gasteiger charge is 2.19. The summed E-state index contributed by atoms with van der Waals surface area (Å²) in [5.41, 5.74) is 0.562. The van der Waals surface area contributed by atoms with Crippen LogP contribution in [-0.4, -0.2) is 32.3 Å². The topological polar surface area (TPSA) is 47.6 Å². The Morgan fingerprint density at radius 3 is 2.83 bits per heavy atom. The largest absolute Gasteiger partial charge is 0.496 e. The standard InChI is InChI=1S/C13H16BrNO3/c1-17-12-8-9(14)2-3-11(12)13(16)15-10-4-6-18-7-5-10/h2-3,8,10H,4-7H2,1H3,(H,15,16). The molecule has 5 heteroatoms. The summed E-state index contributed by atoms with van der Waals surface area (Å²) in [6.45, 7) is 1.42. The number of amides is 1. The van der Waals surface area contributed by atoms with E-state index in [4.69, 9.17) is 9.47 Å². The van der Waals surface area contributed by atoms with E-state index < -0.39 is 0 Å². The van der Waals surface area contributed by atoms with E-state index in [0.717, 1.165) is 17.3 Å². The van der Waals surface area contributed by atoms with E-state index in [9.17, 15) is 4.79 Å². The average Bonchev–Trinajstić information content (AvgIpc) is 2.39. The molecule has 1 N–H and O–H groups in total. The third kappa shape index (κ3) is 3.23. The maximum absolute atomic E-state index is 12.2. The normalized spacial score (nSPS) is 16.3. The van der Waals surface area contributed by atoms with Crippen molar-refractivity contribution in [1.29, 1.82) is 0 Å². The number of hydrogen-bond acceptors (Lipinski definition) is 3. The van der Waals surface area contributed by atoms with Crippen molar-refractivity contribution in [3.05, 3.63) is 28.2 Å². The molecule has 0 saturated carbocycles. The minimum atomic E-state index is -0.0914. The van der Waals surface area contributed by atoms with Gasteiger partial charge in [0.15, 0.2) is 0 Å². The highest BCUT2D eigenvalue weighted by atomic mass is 79.9. The molecule has 0 radical (unpaired) electrons. The molecule has 0 aliphatic carbocycles. The Labute approximate surface area is 115 Å². The van der Waals surface area contributed by atoms with E-state index in [-0.39, 0.29) is 11.9 Å². The number of carbonyl (C=O) groups excluding carboxylic acids is 1. The highest BCUT2D eigenvalue weighted by Crippen LogP contribution is 2.23. The highest BCUT2D eigenvalue weighted by molar-refractivity contribution is 9.10. The fourth-order valence-electron chi connectivity index (χ4n) is 1.96. The summed E-state index contributed by atoms with van der Waals surface area (Å²) < 4.78 is 11.4. The van der Waals surface area contributed by atoms with Crippen LogP contribution in [0.4, 0.5) is 0 Å². The molecule has 2 rings (SSSR count). The Hall–Kier alpha value is -1.07. The second-order valence-corrected chi connectivity index (χ2v) is 5.12. The molecule has 0 bridgehead atoms. The minimum Gasteiger partial charge on any atom is -0.496 e. The zero-order chi connectivity index (χ0) is 13.0. The summed E-state index contributed by atoms with van der Waals surface area (Å²) >= 11 is 3.36. The number of benzene rings is 1. The summed E-state index contributed by atoms with van der Waals surface area (Å²) in [4.78, 5) is 12.2. The Morgan fingerprint density at radius 2 is 2.17 bits per heavy atom. The second-order valence-electron chi connectivity index (χ2n) is 4.20. The van der Waals surface area contributed by atoms with Gasteiger partial charge < -0.3 is 14.8 Å². The van der Waals surface area contributed by atoms with Gasteiger partial charge in [-0.3, -0.25) is 4.79 Å². The predicted octanol–water partition coefficient (Wildman–Crippen LogP) is 2.37. The molecule has 1 amide bonds. The van der Waals surface area contributed by atoms with Crippen molar-refractivity contribution in [2.45, 2.75) is 18.9 Å². The Balaban J connectivity index is 2.08. The molecular weight excluding hydrogens is 298 g/mol. The van der Waals surface area contributed by atoms with Gasteiger partial charge in [0, 0.05) is 23.7 Å². The molecule has 0 aromatic heterocycles. The van der Waals surface area contributed by atoms with Gasteiger partial charge in [0.1, 0.15) is 5.75 Å². The van der Waals surface area contributed by atoms with E-state index in [0.29, 0.717) is 24.5 Å². The lowest BCUT2D eigenvalue weighted by Gasteiger charge is -2.23.